The second-order valence-corrected chi connectivity index (χ2v) is 7.29. The maximum atomic E-state index is 12.3. The number of hydrogen-bond donors (Lipinski definition) is 0. The van der Waals surface area contributed by atoms with Gasteiger partial charge in [0.1, 0.15) is 0 Å². The number of thioether (sulfide) groups is 1. The van der Waals surface area contributed by atoms with Crippen LogP contribution in [0.2, 0.25) is 0 Å². The van der Waals surface area contributed by atoms with Gasteiger partial charge >= 0.3 is 0 Å². The lowest BCUT2D eigenvalue weighted by molar-refractivity contribution is -0.129. The topological polar surface area (TPSA) is 59.2 Å². The zero-order valence-electron chi connectivity index (χ0n) is 12.2. The van der Waals surface area contributed by atoms with Gasteiger partial charge in [-0.15, -0.1) is 10.2 Å². The second-order valence-electron chi connectivity index (χ2n) is 5.15. The van der Waals surface area contributed by atoms with E-state index in [1.807, 2.05) is 36.1 Å². The third-order valence-corrected chi connectivity index (χ3v) is 5.17. The number of benzene rings is 1. The molecule has 1 aliphatic heterocycles. The van der Waals surface area contributed by atoms with Crippen molar-refractivity contribution in [1.29, 1.82) is 0 Å². The lowest BCUT2D eigenvalue weighted by Crippen LogP contribution is -2.34. The summed E-state index contributed by atoms with van der Waals surface area (Å²) in [5.41, 5.74) is 0.848. The Labute approximate surface area is 141 Å². The molecule has 116 valence electrons. The van der Waals surface area contributed by atoms with Gasteiger partial charge in [-0.1, -0.05) is 23.9 Å². The van der Waals surface area contributed by atoms with Crippen LogP contribution in [-0.4, -0.2) is 39.3 Å². The molecule has 1 aromatic heterocycles. The van der Waals surface area contributed by atoms with Crippen molar-refractivity contribution in [3.63, 3.8) is 0 Å². The van der Waals surface area contributed by atoms with Crippen molar-refractivity contribution in [2.24, 2.45) is 0 Å². The Hall–Kier alpha value is -1.34. The van der Waals surface area contributed by atoms with Crippen molar-refractivity contribution >= 4 is 33.6 Å². The number of amides is 1. The van der Waals surface area contributed by atoms with Gasteiger partial charge in [-0.2, -0.15) is 0 Å². The van der Waals surface area contributed by atoms with Crippen LogP contribution in [0.3, 0.4) is 0 Å². The first-order valence-corrected chi connectivity index (χ1v) is 8.86. The lowest BCUT2D eigenvalue weighted by Gasteiger charge is -2.18. The number of aromatic nitrogens is 2. The molecule has 0 spiro atoms. The molecule has 1 atom stereocenters. The van der Waals surface area contributed by atoms with Crippen molar-refractivity contribution in [2.45, 2.75) is 30.2 Å². The molecule has 1 amide bonds. The number of likely N-dealkylation sites (tertiary alicyclic amines) is 1. The van der Waals surface area contributed by atoms with Crippen molar-refractivity contribution in [2.75, 3.05) is 13.1 Å². The number of halogens is 1. The molecule has 0 N–H and O–H groups in total. The minimum absolute atomic E-state index is 0.142. The van der Waals surface area contributed by atoms with Gasteiger partial charge in [-0.3, -0.25) is 4.79 Å². The third kappa shape index (κ3) is 3.35. The summed E-state index contributed by atoms with van der Waals surface area (Å²) in [5, 5.41) is 8.31. The van der Waals surface area contributed by atoms with Crippen molar-refractivity contribution in [3.8, 4) is 11.5 Å². The molecule has 3 rings (SSSR count). The van der Waals surface area contributed by atoms with Crippen LogP contribution in [-0.2, 0) is 4.79 Å². The van der Waals surface area contributed by atoms with Gasteiger partial charge < -0.3 is 9.32 Å². The van der Waals surface area contributed by atoms with Crippen LogP contribution in [0.15, 0.2) is 38.4 Å². The average Bonchev–Trinajstić information content (AvgIpc) is 3.18. The third-order valence-electron chi connectivity index (χ3n) is 3.55. The number of hydrogen-bond acceptors (Lipinski definition) is 5. The van der Waals surface area contributed by atoms with Crippen LogP contribution in [0, 0.1) is 0 Å². The standard InChI is InChI=1S/C15H16BrN3O2S/c1-10(14(20)19-8-4-5-9-19)22-15-18-17-13(21-15)11-6-2-3-7-12(11)16/h2-3,6-7,10H,4-5,8-9H2,1H3/t10-/m0/s1. The second kappa shape index (κ2) is 6.83. The molecule has 1 fully saturated rings. The Morgan fingerprint density at radius 1 is 1.32 bits per heavy atom. The van der Waals surface area contributed by atoms with E-state index in [0.29, 0.717) is 11.1 Å². The highest BCUT2D eigenvalue weighted by molar-refractivity contribution is 9.10. The summed E-state index contributed by atoms with van der Waals surface area (Å²) in [6.45, 7) is 3.60. The molecular weight excluding hydrogens is 366 g/mol. The fourth-order valence-corrected chi connectivity index (χ4v) is 3.62. The summed E-state index contributed by atoms with van der Waals surface area (Å²) in [5.74, 6) is 0.596. The Bertz CT molecular complexity index is 670. The highest BCUT2D eigenvalue weighted by Gasteiger charge is 2.25. The molecule has 1 saturated heterocycles. The van der Waals surface area contributed by atoms with E-state index in [1.54, 1.807) is 0 Å². The van der Waals surface area contributed by atoms with E-state index in [0.717, 1.165) is 36.0 Å². The minimum atomic E-state index is -0.217. The van der Waals surface area contributed by atoms with Crippen LogP contribution >= 0.6 is 27.7 Å². The van der Waals surface area contributed by atoms with E-state index in [2.05, 4.69) is 26.1 Å². The Kier molecular flexibility index (Phi) is 4.83. The molecule has 2 heterocycles. The first-order valence-electron chi connectivity index (χ1n) is 7.19. The molecule has 1 aromatic carbocycles. The van der Waals surface area contributed by atoms with Crippen molar-refractivity contribution < 1.29 is 9.21 Å². The molecule has 2 aromatic rings. The maximum absolute atomic E-state index is 12.3. The van der Waals surface area contributed by atoms with Crippen LogP contribution in [0.4, 0.5) is 0 Å². The van der Waals surface area contributed by atoms with Gasteiger partial charge in [0.05, 0.1) is 10.8 Å². The number of nitrogens with zero attached hydrogens (tertiary/aromatic N) is 3. The highest BCUT2D eigenvalue weighted by atomic mass is 79.9. The number of rotatable bonds is 4. The smallest absolute Gasteiger partial charge is 0.277 e. The van der Waals surface area contributed by atoms with Crippen molar-refractivity contribution in [3.05, 3.63) is 28.7 Å². The first-order chi connectivity index (χ1) is 10.6. The molecule has 0 saturated carbocycles. The van der Waals surface area contributed by atoms with Gasteiger partial charge in [0, 0.05) is 17.6 Å². The Morgan fingerprint density at radius 2 is 2.05 bits per heavy atom. The summed E-state index contributed by atoms with van der Waals surface area (Å²) in [6, 6.07) is 7.67. The summed E-state index contributed by atoms with van der Waals surface area (Å²) < 4.78 is 6.57. The van der Waals surface area contributed by atoms with Crippen LogP contribution < -0.4 is 0 Å². The summed E-state index contributed by atoms with van der Waals surface area (Å²) >= 11 is 4.78. The van der Waals surface area contributed by atoms with Crippen molar-refractivity contribution in [1.82, 2.24) is 15.1 Å². The van der Waals surface area contributed by atoms with E-state index in [9.17, 15) is 4.79 Å². The molecule has 1 aliphatic rings. The fourth-order valence-electron chi connectivity index (χ4n) is 2.40. The number of carbonyl (C=O) groups excluding carboxylic acids is 1. The molecule has 5 nitrogen and oxygen atoms in total. The van der Waals surface area contributed by atoms with Crippen LogP contribution in [0.25, 0.3) is 11.5 Å². The molecule has 0 bridgehead atoms. The van der Waals surface area contributed by atoms with Gasteiger partial charge in [-0.25, -0.2) is 0 Å². The van der Waals surface area contributed by atoms with Gasteiger partial charge in [0.15, 0.2) is 0 Å². The normalized spacial score (nSPS) is 16.0. The minimum Gasteiger partial charge on any atom is -0.411 e. The van der Waals surface area contributed by atoms with Gasteiger partial charge in [0.2, 0.25) is 11.8 Å². The molecule has 0 aliphatic carbocycles. The zero-order valence-corrected chi connectivity index (χ0v) is 14.6. The summed E-state index contributed by atoms with van der Waals surface area (Å²) in [7, 11) is 0. The van der Waals surface area contributed by atoms with Gasteiger partial charge in [0.25, 0.3) is 5.22 Å². The predicted molar refractivity (Wildman–Crippen MR) is 88.6 cm³/mol. The van der Waals surface area contributed by atoms with E-state index in [1.165, 1.54) is 11.8 Å². The van der Waals surface area contributed by atoms with E-state index >= 15 is 0 Å². The first kappa shape index (κ1) is 15.6. The van der Waals surface area contributed by atoms with E-state index in [4.69, 9.17) is 4.42 Å². The van der Waals surface area contributed by atoms with E-state index < -0.39 is 0 Å². The monoisotopic (exact) mass is 381 g/mol. The largest absolute Gasteiger partial charge is 0.411 e. The zero-order chi connectivity index (χ0) is 15.5. The fraction of sp³-hybridized carbons (Fsp3) is 0.400. The molecule has 0 unspecified atom stereocenters. The maximum Gasteiger partial charge on any atom is 0.277 e. The Morgan fingerprint density at radius 3 is 2.77 bits per heavy atom. The Balaban J connectivity index is 1.69. The summed E-state index contributed by atoms with van der Waals surface area (Å²) in [4.78, 5) is 14.2. The predicted octanol–water partition coefficient (Wildman–Crippen LogP) is 3.60. The average molecular weight is 382 g/mol. The number of carbonyl (C=O) groups is 1. The molecule has 7 heteroatoms. The van der Waals surface area contributed by atoms with Crippen LogP contribution in [0.5, 0.6) is 0 Å². The quantitative estimate of drug-likeness (QED) is 0.757. The lowest BCUT2D eigenvalue weighted by atomic mass is 10.2. The highest BCUT2D eigenvalue weighted by Crippen LogP contribution is 2.30. The summed E-state index contributed by atoms with van der Waals surface area (Å²) in [6.07, 6.45) is 2.19. The molecule has 0 radical (unpaired) electrons. The van der Waals surface area contributed by atoms with E-state index in [-0.39, 0.29) is 11.2 Å². The molecule has 22 heavy (non-hydrogen) atoms. The SMILES string of the molecule is C[C@H](Sc1nnc(-c2ccccc2Br)o1)C(=O)N1CCCC1. The molecular formula is C15H16BrN3O2S. The van der Waals surface area contributed by atoms with Gasteiger partial charge in [-0.05, 0) is 47.8 Å². The van der Waals surface area contributed by atoms with Crippen LogP contribution in [0.1, 0.15) is 19.8 Å².